The molecule has 2 aromatic carbocycles. The molecular weight excluding hydrogens is 549 g/mol. The number of rotatable bonds is 12. The standard InChI is InChI=1S/C24H30Cl3N3O5S/c1-5-11-28-24(32)21(6-2)29(14-16-7-8-17(25)12-19(16)26)23(31)15-30(36(4,33)34)18-9-10-22(35-3)20(27)13-18/h7-10,12-13,21H,5-6,11,14-15H2,1-4H3,(H,28,32)/t21-/m0/s1. The van der Waals surface area contributed by atoms with E-state index in [0.717, 1.165) is 17.0 Å². The Balaban J connectivity index is 2.48. The third kappa shape index (κ3) is 7.90. The van der Waals surface area contributed by atoms with E-state index in [4.69, 9.17) is 39.5 Å². The Hall–Kier alpha value is -2.20. The number of hydrogen-bond acceptors (Lipinski definition) is 5. The first kappa shape index (κ1) is 30.0. The zero-order chi connectivity index (χ0) is 27.0. The van der Waals surface area contributed by atoms with Crippen molar-refractivity contribution in [2.75, 3.05) is 30.8 Å². The molecule has 2 aromatic rings. The molecule has 1 N–H and O–H groups in total. The number of benzene rings is 2. The zero-order valence-corrected chi connectivity index (χ0v) is 23.6. The van der Waals surface area contributed by atoms with Crippen molar-refractivity contribution < 1.29 is 22.7 Å². The van der Waals surface area contributed by atoms with Gasteiger partial charge in [0.15, 0.2) is 0 Å². The molecule has 198 valence electrons. The van der Waals surface area contributed by atoms with Gasteiger partial charge in [-0.1, -0.05) is 54.7 Å². The summed E-state index contributed by atoms with van der Waals surface area (Å²) >= 11 is 18.6. The highest BCUT2D eigenvalue weighted by atomic mass is 35.5. The number of amides is 2. The minimum Gasteiger partial charge on any atom is -0.495 e. The molecule has 0 saturated heterocycles. The summed E-state index contributed by atoms with van der Waals surface area (Å²) in [6.07, 6.45) is 2.02. The molecule has 0 unspecified atom stereocenters. The van der Waals surface area contributed by atoms with E-state index < -0.39 is 28.5 Å². The molecule has 0 aromatic heterocycles. The molecule has 0 fully saturated rings. The Morgan fingerprint density at radius 3 is 2.28 bits per heavy atom. The van der Waals surface area contributed by atoms with Gasteiger partial charge in [-0.3, -0.25) is 13.9 Å². The minimum absolute atomic E-state index is 0.0200. The van der Waals surface area contributed by atoms with Crippen LogP contribution in [-0.4, -0.2) is 57.6 Å². The van der Waals surface area contributed by atoms with Crippen LogP contribution in [0.3, 0.4) is 0 Å². The van der Waals surface area contributed by atoms with Crippen LogP contribution >= 0.6 is 34.8 Å². The predicted octanol–water partition coefficient (Wildman–Crippen LogP) is 4.76. The molecule has 0 aliphatic carbocycles. The molecule has 0 saturated carbocycles. The number of carbonyl (C=O) groups excluding carboxylic acids is 2. The molecule has 0 spiro atoms. The number of halogens is 3. The molecule has 0 heterocycles. The summed E-state index contributed by atoms with van der Waals surface area (Å²) < 4.78 is 31.4. The normalized spacial score (nSPS) is 12.1. The van der Waals surface area contributed by atoms with E-state index in [2.05, 4.69) is 5.32 Å². The first-order valence-corrected chi connectivity index (χ1v) is 14.2. The van der Waals surface area contributed by atoms with Crippen molar-refractivity contribution in [3.63, 3.8) is 0 Å². The SMILES string of the molecule is CCCNC(=O)[C@H](CC)N(Cc1ccc(Cl)cc1Cl)C(=O)CN(c1ccc(OC)c(Cl)c1)S(C)(=O)=O. The van der Waals surface area contributed by atoms with Crippen molar-refractivity contribution in [3.05, 3.63) is 57.0 Å². The molecule has 0 aliphatic heterocycles. The lowest BCUT2D eigenvalue weighted by atomic mass is 10.1. The Morgan fingerprint density at radius 1 is 1.06 bits per heavy atom. The third-order valence-corrected chi connectivity index (χ3v) is 7.42. The summed E-state index contributed by atoms with van der Waals surface area (Å²) in [5, 5.41) is 3.75. The Labute approximate surface area is 227 Å². The van der Waals surface area contributed by atoms with E-state index in [-0.39, 0.29) is 23.2 Å². The van der Waals surface area contributed by atoms with Gasteiger partial charge in [0.1, 0.15) is 18.3 Å². The highest BCUT2D eigenvalue weighted by Crippen LogP contribution is 2.30. The summed E-state index contributed by atoms with van der Waals surface area (Å²) in [7, 11) is -2.46. The number of nitrogens with zero attached hydrogens (tertiary/aromatic N) is 2. The van der Waals surface area contributed by atoms with Gasteiger partial charge in [0.25, 0.3) is 0 Å². The van der Waals surface area contributed by atoms with Gasteiger partial charge in [-0.15, -0.1) is 0 Å². The van der Waals surface area contributed by atoms with Crippen LogP contribution in [0.5, 0.6) is 5.75 Å². The average Bonchev–Trinajstić information content (AvgIpc) is 2.81. The van der Waals surface area contributed by atoms with Gasteiger partial charge < -0.3 is 15.0 Å². The summed E-state index contributed by atoms with van der Waals surface area (Å²) in [6, 6.07) is 8.40. The van der Waals surface area contributed by atoms with Crippen LogP contribution < -0.4 is 14.4 Å². The Morgan fingerprint density at radius 2 is 1.75 bits per heavy atom. The maximum atomic E-state index is 13.7. The largest absolute Gasteiger partial charge is 0.495 e. The van der Waals surface area contributed by atoms with Gasteiger partial charge in [0.2, 0.25) is 21.8 Å². The molecule has 8 nitrogen and oxygen atoms in total. The second-order valence-corrected chi connectivity index (χ2v) is 11.2. The highest BCUT2D eigenvalue weighted by Gasteiger charge is 2.32. The lowest BCUT2D eigenvalue weighted by Crippen LogP contribution is -2.52. The topological polar surface area (TPSA) is 96.0 Å². The van der Waals surface area contributed by atoms with E-state index in [0.29, 0.717) is 34.3 Å². The fraction of sp³-hybridized carbons (Fsp3) is 0.417. The number of sulfonamides is 1. The summed E-state index contributed by atoms with van der Waals surface area (Å²) in [4.78, 5) is 27.9. The molecule has 36 heavy (non-hydrogen) atoms. The van der Waals surface area contributed by atoms with Crippen LogP contribution in [-0.2, 0) is 26.2 Å². The molecule has 2 rings (SSSR count). The van der Waals surface area contributed by atoms with Crippen molar-refractivity contribution >= 4 is 62.3 Å². The molecule has 0 bridgehead atoms. The van der Waals surface area contributed by atoms with Crippen molar-refractivity contribution in [2.24, 2.45) is 0 Å². The lowest BCUT2D eigenvalue weighted by Gasteiger charge is -2.33. The molecule has 12 heteroatoms. The molecular formula is C24H30Cl3N3O5S. The second-order valence-electron chi connectivity index (χ2n) is 8.06. The van der Waals surface area contributed by atoms with E-state index in [1.54, 1.807) is 25.1 Å². The number of nitrogens with one attached hydrogen (secondary N) is 1. The van der Waals surface area contributed by atoms with Crippen molar-refractivity contribution in [1.29, 1.82) is 0 Å². The van der Waals surface area contributed by atoms with Gasteiger partial charge in [0.05, 0.1) is 24.1 Å². The fourth-order valence-corrected chi connectivity index (χ4v) is 5.10. The van der Waals surface area contributed by atoms with Crippen molar-refractivity contribution in [2.45, 2.75) is 39.3 Å². The number of methoxy groups -OCH3 is 1. The van der Waals surface area contributed by atoms with E-state index in [1.807, 2.05) is 6.92 Å². The van der Waals surface area contributed by atoms with Gasteiger partial charge in [-0.25, -0.2) is 8.42 Å². The van der Waals surface area contributed by atoms with Gasteiger partial charge in [-0.2, -0.15) is 0 Å². The summed E-state index contributed by atoms with van der Waals surface area (Å²) in [5.41, 5.74) is 0.749. The van der Waals surface area contributed by atoms with E-state index in [9.17, 15) is 18.0 Å². The van der Waals surface area contributed by atoms with Crippen molar-refractivity contribution in [1.82, 2.24) is 10.2 Å². The Kier molecular flexibility index (Phi) is 11.2. The number of ether oxygens (including phenoxy) is 1. The zero-order valence-electron chi connectivity index (χ0n) is 20.6. The van der Waals surface area contributed by atoms with Gasteiger partial charge >= 0.3 is 0 Å². The van der Waals surface area contributed by atoms with Crippen LogP contribution in [0, 0.1) is 0 Å². The van der Waals surface area contributed by atoms with Gasteiger partial charge in [0, 0.05) is 23.1 Å². The van der Waals surface area contributed by atoms with Crippen LogP contribution in [0.25, 0.3) is 0 Å². The van der Waals surface area contributed by atoms with Crippen LogP contribution in [0.2, 0.25) is 15.1 Å². The third-order valence-electron chi connectivity index (χ3n) is 5.39. The van der Waals surface area contributed by atoms with E-state index >= 15 is 0 Å². The average molecular weight is 579 g/mol. The predicted molar refractivity (Wildman–Crippen MR) is 145 cm³/mol. The molecule has 0 radical (unpaired) electrons. The van der Waals surface area contributed by atoms with Crippen molar-refractivity contribution in [3.8, 4) is 5.75 Å². The molecule has 1 atom stereocenters. The highest BCUT2D eigenvalue weighted by molar-refractivity contribution is 7.92. The van der Waals surface area contributed by atoms with E-state index in [1.165, 1.54) is 30.2 Å². The number of carbonyl (C=O) groups is 2. The lowest BCUT2D eigenvalue weighted by molar-refractivity contribution is -0.140. The molecule has 2 amide bonds. The monoisotopic (exact) mass is 577 g/mol. The fourth-order valence-electron chi connectivity index (χ4n) is 3.54. The number of hydrogen-bond donors (Lipinski definition) is 1. The van der Waals surface area contributed by atoms with Crippen LogP contribution in [0.4, 0.5) is 5.69 Å². The molecule has 0 aliphatic rings. The summed E-state index contributed by atoms with van der Waals surface area (Å²) in [5.74, 6) is -0.564. The van der Waals surface area contributed by atoms with Crippen LogP contribution in [0.15, 0.2) is 36.4 Å². The first-order valence-electron chi connectivity index (χ1n) is 11.2. The first-order chi connectivity index (χ1) is 16.9. The Bertz CT molecular complexity index is 1190. The minimum atomic E-state index is -3.89. The van der Waals surface area contributed by atoms with Gasteiger partial charge in [-0.05, 0) is 48.7 Å². The number of anilines is 1. The smallest absolute Gasteiger partial charge is 0.244 e. The maximum Gasteiger partial charge on any atom is 0.244 e. The maximum absolute atomic E-state index is 13.7. The second kappa shape index (κ2) is 13.4. The summed E-state index contributed by atoms with van der Waals surface area (Å²) in [6.45, 7) is 3.57. The van der Waals surface area contributed by atoms with Crippen LogP contribution in [0.1, 0.15) is 32.3 Å². The quantitative estimate of drug-likeness (QED) is 0.392.